The van der Waals surface area contributed by atoms with Gasteiger partial charge in [-0.25, -0.2) is 4.79 Å². The van der Waals surface area contributed by atoms with Crippen LogP contribution in [0.2, 0.25) is 0 Å². The van der Waals surface area contributed by atoms with E-state index in [0.29, 0.717) is 19.6 Å². The van der Waals surface area contributed by atoms with Crippen LogP contribution in [0, 0.1) is 0 Å². The van der Waals surface area contributed by atoms with Crippen molar-refractivity contribution >= 4 is 6.03 Å². The van der Waals surface area contributed by atoms with Gasteiger partial charge >= 0.3 is 6.03 Å². The molecule has 3 aromatic rings. The van der Waals surface area contributed by atoms with E-state index in [9.17, 15) is 4.79 Å². The highest BCUT2D eigenvalue weighted by molar-refractivity contribution is 5.74. The average Bonchev–Trinajstić information content (AvgIpc) is 3.14. The van der Waals surface area contributed by atoms with Gasteiger partial charge in [-0.15, -0.1) is 0 Å². The van der Waals surface area contributed by atoms with Gasteiger partial charge in [0.05, 0.1) is 12.2 Å². The van der Waals surface area contributed by atoms with Crippen molar-refractivity contribution in [3.8, 4) is 11.3 Å². The Bertz CT molecular complexity index is 876. The van der Waals surface area contributed by atoms with E-state index < -0.39 is 0 Å². The zero-order valence-corrected chi connectivity index (χ0v) is 16.4. The molecule has 6 heteroatoms. The number of aromatic nitrogens is 2. The molecule has 0 spiro atoms. The van der Waals surface area contributed by atoms with Gasteiger partial charge in [0, 0.05) is 44.0 Å². The fraction of sp³-hybridized carbons (Fsp3) is 0.273. The lowest BCUT2D eigenvalue weighted by molar-refractivity contribution is 0.209. The standard InChI is InChI=1S/C22H27N5O/c1-23-13-14-26(2)22(28)24-15-20-17-27(16-18-9-5-3-6-10-18)25-21(20)19-11-7-4-8-12-19/h3-12,17,23H,13-16H2,1-2H3,(H,24,28). The van der Waals surface area contributed by atoms with Crippen LogP contribution in [0.3, 0.4) is 0 Å². The summed E-state index contributed by atoms with van der Waals surface area (Å²) in [5, 5.41) is 10.8. The van der Waals surface area contributed by atoms with Crippen LogP contribution in [-0.4, -0.2) is 47.9 Å². The first-order valence-corrected chi connectivity index (χ1v) is 9.46. The van der Waals surface area contributed by atoms with E-state index >= 15 is 0 Å². The number of amides is 2. The Balaban J connectivity index is 1.77. The zero-order valence-electron chi connectivity index (χ0n) is 16.4. The molecule has 0 bridgehead atoms. The van der Waals surface area contributed by atoms with Crippen LogP contribution in [0.1, 0.15) is 11.1 Å². The van der Waals surface area contributed by atoms with E-state index in [4.69, 9.17) is 5.10 Å². The molecule has 0 unspecified atom stereocenters. The van der Waals surface area contributed by atoms with Crippen LogP contribution < -0.4 is 10.6 Å². The third-order valence-electron chi connectivity index (χ3n) is 4.55. The largest absolute Gasteiger partial charge is 0.334 e. The van der Waals surface area contributed by atoms with E-state index in [2.05, 4.69) is 22.8 Å². The van der Waals surface area contributed by atoms with Crippen molar-refractivity contribution in [2.24, 2.45) is 0 Å². The highest BCUT2D eigenvalue weighted by Crippen LogP contribution is 2.22. The first-order chi connectivity index (χ1) is 13.7. The Morgan fingerprint density at radius 3 is 2.43 bits per heavy atom. The average molecular weight is 377 g/mol. The summed E-state index contributed by atoms with van der Waals surface area (Å²) in [6.45, 7) is 2.54. The summed E-state index contributed by atoms with van der Waals surface area (Å²) < 4.78 is 1.93. The Morgan fingerprint density at radius 2 is 1.75 bits per heavy atom. The number of nitrogens with zero attached hydrogens (tertiary/aromatic N) is 3. The molecule has 0 radical (unpaired) electrons. The maximum atomic E-state index is 12.3. The zero-order chi connectivity index (χ0) is 19.8. The highest BCUT2D eigenvalue weighted by atomic mass is 16.2. The second-order valence-corrected chi connectivity index (χ2v) is 6.74. The summed E-state index contributed by atoms with van der Waals surface area (Å²) in [7, 11) is 3.67. The second kappa shape index (κ2) is 9.71. The van der Waals surface area contributed by atoms with Gasteiger partial charge in [-0.05, 0) is 12.6 Å². The molecule has 2 N–H and O–H groups in total. The quantitative estimate of drug-likeness (QED) is 0.634. The van der Waals surface area contributed by atoms with E-state index in [1.165, 1.54) is 5.56 Å². The minimum absolute atomic E-state index is 0.0925. The van der Waals surface area contributed by atoms with Crippen LogP contribution >= 0.6 is 0 Å². The molecule has 28 heavy (non-hydrogen) atoms. The molecule has 2 aromatic carbocycles. The van der Waals surface area contributed by atoms with Gasteiger partial charge in [-0.3, -0.25) is 4.68 Å². The molecule has 0 saturated carbocycles. The molecule has 0 aliphatic heterocycles. The van der Waals surface area contributed by atoms with Crippen LogP contribution in [0.4, 0.5) is 4.79 Å². The Labute approximate surface area is 166 Å². The number of hydrogen-bond acceptors (Lipinski definition) is 3. The van der Waals surface area contributed by atoms with Gasteiger partial charge in [0.15, 0.2) is 0 Å². The number of benzene rings is 2. The summed E-state index contributed by atoms with van der Waals surface area (Å²) in [6.07, 6.45) is 2.02. The van der Waals surface area contributed by atoms with E-state index in [1.807, 2.05) is 66.5 Å². The van der Waals surface area contributed by atoms with E-state index in [0.717, 1.165) is 23.4 Å². The van der Waals surface area contributed by atoms with Crippen molar-refractivity contribution in [2.75, 3.05) is 27.2 Å². The Kier molecular flexibility index (Phi) is 6.81. The fourth-order valence-corrected chi connectivity index (χ4v) is 2.97. The molecule has 6 nitrogen and oxygen atoms in total. The van der Waals surface area contributed by atoms with Gasteiger partial charge < -0.3 is 15.5 Å². The summed E-state index contributed by atoms with van der Waals surface area (Å²) in [5.74, 6) is 0. The summed E-state index contributed by atoms with van der Waals surface area (Å²) in [4.78, 5) is 14.0. The SMILES string of the molecule is CNCCN(C)C(=O)NCc1cn(Cc2ccccc2)nc1-c1ccccc1. The third kappa shape index (κ3) is 5.20. The van der Waals surface area contributed by atoms with Crippen LogP contribution in [0.25, 0.3) is 11.3 Å². The molecule has 1 aromatic heterocycles. The highest BCUT2D eigenvalue weighted by Gasteiger charge is 2.14. The molecular weight excluding hydrogens is 350 g/mol. The molecule has 2 amide bonds. The molecule has 1 heterocycles. The predicted octanol–water partition coefficient (Wildman–Crippen LogP) is 2.96. The van der Waals surface area contributed by atoms with Crippen LogP contribution in [-0.2, 0) is 13.1 Å². The molecule has 146 valence electrons. The molecule has 0 fully saturated rings. The lowest BCUT2D eigenvalue weighted by atomic mass is 10.1. The van der Waals surface area contributed by atoms with Crippen molar-refractivity contribution in [1.82, 2.24) is 25.3 Å². The molecule has 0 atom stereocenters. The number of nitrogens with one attached hydrogen (secondary N) is 2. The number of likely N-dealkylation sites (N-methyl/N-ethyl adjacent to an activating group) is 2. The molecule has 0 saturated heterocycles. The van der Waals surface area contributed by atoms with Crippen molar-refractivity contribution in [3.63, 3.8) is 0 Å². The van der Waals surface area contributed by atoms with E-state index in [1.54, 1.807) is 11.9 Å². The first-order valence-electron chi connectivity index (χ1n) is 9.46. The molecule has 0 aliphatic carbocycles. The lowest BCUT2D eigenvalue weighted by Gasteiger charge is -2.17. The molecule has 3 rings (SSSR count). The number of carbonyl (C=O) groups excluding carboxylic acids is 1. The van der Waals surface area contributed by atoms with Crippen molar-refractivity contribution < 1.29 is 4.79 Å². The van der Waals surface area contributed by atoms with Crippen LogP contribution in [0.5, 0.6) is 0 Å². The second-order valence-electron chi connectivity index (χ2n) is 6.74. The summed E-state index contributed by atoms with van der Waals surface area (Å²) in [6, 6.07) is 20.2. The monoisotopic (exact) mass is 377 g/mol. The fourth-order valence-electron chi connectivity index (χ4n) is 2.97. The normalized spacial score (nSPS) is 10.6. The lowest BCUT2D eigenvalue weighted by Crippen LogP contribution is -2.39. The molecular formula is C22H27N5O. The Morgan fingerprint density at radius 1 is 1.07 bits per heavy atom. The number of hydrogen-bond donors (Lipinski definition) is 2. The van der Waals surface area contributed by atoms with Gasteiger partial charge in [0.2, 0.25) is 0 Å². The maximum Gasteiger partial charge on any atom is 0.317 e. The Hall–Kier alpha value is -3.12. The number of urea groups is 1. The third-order valence-corrected chi connectivity index (χ3v) is 4.55. The van der Waals surface area contributed by atoms with Crippen LogP contribution in [0.15, 0.2) is 66.9 Å². The maximum absolute atomic E-state index is 12.3. The minimum atomic E-state index is -0.0925. The first kappa shape index (κ1) is 19.6. The topological polar surface area (TPSA) is 62.2 Å². The molecule has 0 aliphatic rings. The van der Waals surface area contributed by atoms with Crippen molar-refractivity contribution in [3.05, 3.63) is 78.0 Å². The summed E-state index contributed by atoms with van der Waals surface area (Å²) in [5.41, 5.74) is 4.13. The van der Waals surface area contributed by atoms with Crippen molar-refractivity contribution in [1.29, 1.82) is 0 Å². The van der Waals surface area contributed by atoms with Gasteiger partial charge in [-0.1, -0.05) is 60.7 Å². The van der Waals surface area contributed by atoms with Gasteiger partial charge in [-0.2, -0.15) is 5.10 Å². The number of rotatable bonds is 8. The smallest absolute Gasteiger partial charge is 0.317 e. The van der Waals surface area contributed by atoms with Crippen molar-refractivity contribution in [2.45, 2.75) is 13.1 Å². The predicted molar refractivity (Wildman–Crippen MR) is 112 cm³/mol. The van der Waals surface area contributed by atoms with Gasteiger partial charge in [0.25, 0.3) is 0 Å². The minimum Gasteiger partial charge on any atom is -0.334 e. The summed E-state index contributed by atoms with van der Waals surface area (Å²) >= 11 is 0. The number of carbonyl (C=O) groups is 1. The van der Waals surface area contributed by atoms with Gasteiger partial charge in [0.1, 0.15) is 0 Å². The van der Waals surface area contributed by atoms with E-state index in [-0.39, 0.29) is 6.03 Å².